The minimum atomic E-state index is -0.00909. The molecule has 1 aliphatic heterocycles. The van der Waals surface area contributed by atoms with Crippen molar-refractivity contribution in [1.82, 2.24) is 10.3 Å². The van der Waals surface area contributed by atoms with Gasteiger partial charge in [-0.3, -0.25) is 4.79 Å². The van der Waals surface area contributed by atoms with Gasteiger partial charge in [-0.15, -0.1) is 11.3 Å². The van der Waals surface area contributed by atoms with E-state index in [4.69, 9.17) is 0 Å². The van der Waals surface area contributed by atoms with E-state index < -0.39 is 0 Å². The summed E-state index contributed by atoms with van der Waals surface area (Å²) in [4.78, 5) is 18.5. The average molecular weight is 302 g/mol. The number of benzene rings is 1. The van der Waals surface area contributed by atoms with Crippen molar-refractivity contribution in [2.75, 3.05) is 23.3 Å². The molecule has 1 unspecified atom stereocenters. The number of hydrogen-bond donors (Lipinski definition) is 2. The number of hydrogen-bond acceptors (Lipinski definition) is 5. The molecule has 0 saturated carbocycles. The molecular weight excluding hydrogens is 284 g/mol. The molecular formula is C15H18N4OS. The zero-order valence-corrected chi connectivity index (χ0v) is 12.9. The summed E-state index contributed by atoms with van der Waals surface area (Å²) in [6.45, 7) is 5.39. The Morgan fingerprint density at radius 1 is 1.48 bits per heavy atom. The highest BCUT2D eigenvalue weighted by atomic mass is 32.1. The molecule has 5 nitrogen and oxygen atoms in total. The molecule has 6 heteroatoms. The molecule has 1 aromatic heterocycles. The molecule has 0 aliphatic carbocycles. The quantitative estimate of drug-likeness (QED) is 0.912. The first kappa shape index (κ1) is 14.0. The van der Waals surface area contributed by atoms with Crippen LogP contribution in [0.1, 0.15) is 25.6 Å². The second-order valence-electron chi connectivity index (χ2n) is 4.99. The fourth-order valence-electron chi connectivity index (χ4n) is 2.41. The van der Waals surface area contributed by atoms with Crippen LogP contribution in [0.2, 0.25) is 0 Å². The number of carbonyl (C=O) groups is 1. The smallest absolute Gasteiger partial charge is 0.244 e. The van der Waals surface area contributed by atoms with Gasteiger partial charge in [-0.25, -0.2) is 4.98 Å². The van der Waals surface area contributed by atoms with Crippen molar-refractivity contribution in [1.29, 1.82) is 0 Å². The first-order chi connectivity index (χ1) is 10.2. The number of aromatic nitrogens is 1. The van der Waals surface area contributed by atoms with Crippen LogP contribution in [0.5, 0.6) is 0 Å². The molecule has 1 aliphatic rings. The predicted octanol–water partition coefficient (Wildman–Crippen LogP) is 2.90. The highest BCUT2D eigenvalue weighted by Crippen LogP contribution is 2.36. The van der Waals surface area contributed by atoms with Gasteiger partial charge in [-0.05, 0) is 25.6 Å². The van der Waals surface area contributed by atoms with E-state index in [2.05, 4.69) is 34.8 Å². The van der Waals surface area contributed by atoms with Crippen molar-refractivity contribution in [3.8, 4) is 0 Å². The number of rotatable bonds is 4. The van der Waals surface area contributed by atoms with Gasteiger partial charge in [0.05, 0.1) is 17.1 Å². The summed E-state index contributed by atoms with van der Waals surface area (Å²) >= 11 is 1.57. The lowest BCUT2D eigenvalue weighted by molar-refractivity contribution is -0.115. The van der Waals surface area contributed by atoms with Gasteiger partial charge in [0.25, 0.3) is 0 Å². The van der Waals surface area contributed by atoms with Crippen LogP contribution in [0.4, 0.5) is 16.5 Å². The summed E-state index contributed by atoms with van der Waals surface area (Å²) in [5.41, 5.74) is 2.85. The number of nitrogens with one attached hydrogen (secondary N) is 2. The Hall–Kier alpha value is -1.92. The van der Waals surface area contributed by atoms with Crippen molar-refractivity contribution >= 4 is 33.8 Å². The van der Waals surface area contributed by atoms with E-state index in [1.807, 2.05) is 29.2 Å². The third kappa shape index (κ3) is 2.77. The Morgan fingerprint density at radius 2 is 2.29 bits per heavy atom. The number of nitrogens with zero attached hydrogens (tertiary/aromatic N) is 2. The van der Waals surface area contributed by atoms with Crippen LogP contribution in [-0.2, 0) is 4.79 Å². The van der Waals surface area contributed by atoms with E-state index in [0.29, 0.717) is 6.54 Å². The zero-order chi connectivity index (χ0) is 14.8. The van der Waals surface area contributed by atoms with Gasteiger partial charge in [0.1, 0.15) is 6.54 Å². The van der Waals surface area contributed by atoms with E-state index >= 15 is 0 Å². The van der Waals surface area contributed by atoms with Crippen LogP contribution < -0.4 is 15.5 Å². The molecule has 1 amide bonds. The molecule has 1 aromatic carbocycles. The van der Waals surface area contributed by atoms with Gasteiger partial charge in [-0.1, -0.05) is 19.1 Å². The maximum atomic E-state index is 11.9. The van der Waals surface area contributed by atoms with Crippen molar-refractivity contribution in [3.63, 3.8) is 0 Å². The Kier molecular flexibility index (Phi) is 3.90. The first-order valence-electron chi connectivity index (χ1n) is 7.04. The van der Waals surface area contributed by atoms with Crippen molar-refractivity contribution in [2.24, 2.45) is 0 Å². The SMILES string of the molecule is CCNC(C)c1csc(N2CC(=O)Nc3ccccc32)n1. The van der Waals surface area contributed by atoms with E-state index in [1.165, 1.54) is 0 Å². The lowest BCUT2D eigenvalue weighted by atomic mass is 10.2. The fourth-order valence-corrected chi connectivity index (χ4v) is 3.34. The molecule has 0 radical (unpaired) electrons. The Balaban J connectivity index is 1.92. The van der Waals surface area contributed by atoms with Crippen LogP contribution in [0, 0.1) is 0 Å². The Labute approximate surface area is 128 Å². The number of para-hydroxylation sites is 2. The van der Waals surface area contributed by atoms with Crippen LogP contribution >= 0.6 is 11.3 Å². The molecule has 21 heavy (non-hydrogen) atoms. The van der Waals surface area contributed by atoms with Gasteiger partial charge < -0.3 is 15.5 Å². The molecule has 1 atom stereocenters. The highest BCUT2D eigenvalue weighted by Gasteiger charge is 2.25. The molecule has 0 fully saturated rings. The molecule has 2 heterocycles. The summed E-state index contributed by atoms with van der Waals surface area (Å²) in [5, 5.41) is 9.16. The normalized spacial score (nSPS) is 15.5. The van der Waals surface area contributed by atoms with Crippen molar-refractivity contribution < 1.29 is 4.79 Å². The molecule has 0 bridgehead atoms. The van der Waals surface area contributed by atoms with Gasteiger partial charge >= 0.3 is 0 Å². The van der Waals surface area contributed by atoms with E-state index in [-0.39, 0.29) is 11.9 Å². The van der Waals surface area contributed by atoms with Crippen molar-refractivity contribution in [3.05, 3.63) is 35.3 Å². The molecule has 2 aromatic rings. The Bertz CT molecular complexity index is 655. The zero-order valence-electron chi connectivity index (χ0n) is 12.1. The summed E-state index contributed by atoms with van der Waals surface area (Å²) in [5.74, 6) is -0.00909. The molecule has 3 rings (SSSR count). The van der Waals surface area contributed by atoms with Gasteiger partial charge in [-0.2, -0.15) is 0 Å². The molecule has 0 spiro atoms. The lowest BCUT2D eigenvalue weighted by Crippen LogP contribution is -2.35. The van der Waals surface area contributed by atoms with Gasteiger partial charge in [0.15, 0.2) is 5.13 Å². The number of amides is 1. The third-order valence-electron chi connectivity index (χ3n) is 3.47. The number of anilines is 3. The lowest BCUT2D eigenvalue weighted by Gasteiger charge is -2.28. The van der Waals surface area contributed by atoms with E-state index in [0.717, 1.165) is 28.7 Å². The summed E-state index contributed by atoms with van der Waals surface area (Å²) < 4.78 is 0. The van der Waals surface area contributed by atoms with Gasteiger partial charge in [0, 0.05) is 11.4 Å². The van der Waals surface area contributed by atoms with Crippen LogP contribution in [0.25, 0.3) is 0 Å². The standard InChI is InChI=1S/C15H18N4OS/c1-3-16-10(2)12-9-21-15(18-12)19-8-14(20)17-11-6-4-5-7-13(11)19/h4-7,9-10,16H,3,8H2,1-2H3,(H,17,20). The second-order valence-corrected chi connectivity index (χ2v) is 5.82. The average Bonchev–Trinajstić information content (AvgIpc) is 2.96. The predicted molar refractivity (Wildman–Crippen MR) is 86.3 cm³/mol. The number of carbonyl (C=O) groups excluding carboxylic acids is 1. The maximum Gasteiger partial charge on any atom is 0.244 e. The first-order valence-corrected chi connectivity index (χ1v) is 7.92. The second kappa shape index (κ2) is 5.83. The number of thiazole rings is 1. The number of fused-ring (bicyclic) bond motifs is 1. The van der Waals surface area contributed by atoms with Crippen LogP contribution in [-0.4, -0.2) is 24.0 Å². The maximum absolute atomic E-state index is 11.9. The molecule has 110 valence electrons. The summed E-state index contributed by atoms with van der Waals surface area (Å²) in [7, 11) is 0. The monoisotopic (exact) mass is 302 g/mol. The topological polar surface area (TPSA) is 57.3 Å². The van der Waals surface area contributed by atoms with E-state index in [1.54, 1.807) is 11.3 Å². The van der Waals surface area contributed by atoms with Gasteiger partial charge in [0.2, 0.25) is 5.91 Å². The summed E-state index contributed by atoms with van der Waals surface area (Å²) in [6, 6.07) is 8.02. The summed E-state index contributed by atoms with van der Waals surface area (Å²) in [6.07, 6.45) is 0. The Morgan fingerprint density at radius 3 is 3.10 bits per heavy atom. The minimum Gasteiger partial charge on any atom is -0.323 e. The van der Waals surface area contributed by atoms with Crippen LogP contribution in [0.15, 0.2) is 29.6 Å². The fraction of sp³-hybridized carbons (Fsp3) is 0.333. The molecule has 2 N–H and O–H groups in total. The minimum absolute atomic E-state index is 0.00909. The highest BCUT2D eigenvalue weighted by molar-refractivity contribution is 7.13. The molecule has 0 saturated heterocycles. The van der Waals surface area contributed by atoms with Crippen LogP contribution in [0.3, 0.4) is 0 Å². The van der Waals surface area contributed by atoms with Crippen molar-refractivity contribution in [2.45, 2.75) is 19.9 Å². The largest absolute Gasteiger partial charge is 0.323 e. The third-order valence-corrected chi connectivity index (χ3v) is 4.35. The van der Waals surface area contributed by atoms with E-state index in [9.17, 15) is 4.79 Å².